The molecule has 0 fully saturated rings. The van der Waals surface area contributed by atoms with E-state index in [1.807, 2.05) is 66.7 Å². The zero-order valence-corrected chi connectivity index (χ0v) is 57.9. The smallest absolute Gasteiger partial charge is 0.161 e. The summed E-state index contributed by atoms with van der Waals surface area (Å²) in [6, 6.07) is 129. The summed E-state index contributed by atoms with van der Waals surface area (Å²) >= 11 is 0. The van der Waals surface area contributed by atoms with Gasteiger partial charge in [-0.15, -0.1) is 0 Å². The van der Waals surface area contributed by atoms with Crippen molar-refractivity contribution in [3.8, 4) is 90.9 Å². The molecule has 9 heteroatoms. The van der Waals surface area contributed by atoms with Crippen molar-refractivity contribution in [3.05, 3.63) is 357 Å². The van der Waals surface area contributed by atoms with Gasteiger partial charge < -0.3 is 13.7 Å². The number of para-hydroxylation sites is 5. The number of rotatable bonds is 9. The molecule has 0 amide bonds. The molecule has 0 aliphatic rings. The van der Waals surface area contributed by atoms with Crippen molar-refractivity contribution in [3.63, 3.8) is 0 Å². The number of nitriles is 2. The molecule has 6 heterocycles. The molecule has 0 radical (unpaired) electrons. The van der Waals surface area contributed by atoms with Crippen LogP contribution in [0, 0.1) is 22.7 Å². The minimum Gasteiger partial charge on any atom is -0.309 e. The second kappa shape index (κ2) is 23.8. The van der Waals surface area contributed by atoms with Crippen LogP contribution in [0.2, 0.25) is 0 Å². The minimum absolute atomic E-state index is 0.346. The average molecular weight is 1370 g/mol. The van der Waals surface area contributed by atoms with E-state index in [0.29, 0.717) is 22.9 Å². The number of hydrogen-bond donors (Lipinski definition) is 0. The summed E-state index contributed by atoms with van der Waals surface area (Å²) in [4.78, 5) is 15.3. The van der Waals surface area contributed by atoms with Gasteiger partial charge in [0.25, 0.3) is 0 Å². The monoisotopic (exact) mass is 1370 g/mol. The Hall–Kier alpha value is -15.0. The van der Waals surface area contributed by atoms with Gasteiger partial charge in [0.1, 0.15) is 18.0 Å². The third kappa shape index (κ3) is 9.07. The lowest BCUT2D eigenvalue weighted by Crippen LogP contribution is -2.04. The molecule has 0 aliphatic carbocycles. The minimum atomic E-state index is 0.346. The molecular formula is C99H57N9. The van der Waals surface area contributed by atoms with E-state index in [0.717, 1.165) is 160 Å². The third-order valence-corrected chi connectivity index (χ3v) is 22.2. The predicted molar refractivity (Wildman–Crippen MR) is 444 cm³/mol. The predicted octanol–water partition coefficient (Wildman–Crippen LogP) is 25.0. The van der Waals surface area contributed by atoms with Gasteiger partial charge in [0.2, 0.25) is 0 Å². The molecule has 16 aromatic carbocycles. The largest absolute Gasteiger partial charge is 0.309 e. The molecule has 22 rings (SSSR count). The summed E-state index contributed by atoms with van der Waals surface area (Å²) in [5.41, 5.74) is 23.0. The molecule has 6 aromatic heterocycles. The SMILES string of the molecule is N#Cc1nc(-c2ccc(-n3c4ccccc4c4c(-c5ccc6c7c8ccccc8ccc7n(-c7ccccc7)c6c5)cc(-c5cccc(-n6c7cc(-c8cccc9c8c8ccccc8n9-c8nc9ccccc9c(C#N)c8-c8ccccc8)ccc7c7c8ccccc8ccc76)c5)cc43)cc2)nc2ccccc12. The van der Waals surface area contributed by atoms with E-state index >= 15 is 0 Å². The van der Waals surface area contributed by atoms with E-state index in [9.17, 15) is 10.5 Å². The first-order valence-corrected chi connectivity index (χ1v) is 36.3. The number of nitrogens with zero attached hydrogens (tertiary/aromatic N) is 9. The van der Waals surface area contributed by atoms with Crippen LogP contribution in [0.3, 0.4) is 0 Å². The molecular weight excluding hydrogens is 1320 g/mol. The molecule has 0 saturated heterocycles. The van der Waals surface area contributed by atoms with Crippen molar-refractivity contribution >= 4 is 131 Å². The summed E-state index contributed by atoms with van der Waals surface area (Å²) in [6.07, 6.45) is 0. The molecule has 0 spiro atoms. The Morgan fingerprint density at radius 2 is 0.713 bits per heavy atom. The summed E-state index contributed by atoms with van der Waals surface area (Å²) < 4.78 is 9.58. The van der Waals surface area contributed by atoms with Crippen molar-refractivity contribution in [2.24, 2.45) is 0 Å². The highest BCUT2D eigenvalue weighted by Gasteiger charge is 2.27. The summed E-state index contributed by atoms with van der Waals surface area (Å²) in [6.45, 7) is 0. The number of hydrogen-bond acceptors (Lipinski definition) is 5. The Labute approximate surface area is 618 Å². The van der Waals surface area contributed by atoms with Crippen LogP contribution in [0.15, 0.2) is 346 Å². The van der Waals surface area contributed by atoms with Crippen LogP contribution in [0.5, 0.6) is 0 Å². The number of benzene rings is 16. The summed E-state index contributed by atoms with van der Waals surface area (Å²) in [5.74, 6) is 1.20. The van der Waals surface area contributed by atoms with Crippen LogP contribution in [0.4, 0.5) is 0 Å². The van der Waals surface area contributed by atoms with Crippen LogP contribution in [0.25, 0.3) is 209 Å². The highest BCUT2D eigenvalue weighted by atomic mass is 15.1. The van der Waals surface area contributed by atoms with E-state index in [2.05, 4.69) is 309 Å². The molecule has 0 saturated carbocycles. The highest BCUT2D eigenvalue weighted by Crippen LogP contribution is 2.48. The summed E-state index contributed by atoms with van der Waals surface area (Å²) in [7, 11) is 0. The summed E-state index contributed by atoms with van der Waals surface area (Å²) in [5, 5.41) is 37.0. The van der Waals surface area contributed by atoms with Crippen LogP contribution in [-0.4, -0.2) is 33.2 Å². The molecule has 498 valence electrons. The standard InChI is InChI=1S/C99H57N9/c100-58-81-74-31-11-15-36-82(74)104-99(93(81)62-23-3-1-4-24-62)108-86-39-18-14-34-77(86)96-73(35-20-40-87(96)108)65-43-49-79-91(55-65)107(89-52-46-61-22-8-10-30-72(61)95(79)89)70-28-19-25-64(53-70)67-54-80(66-44-50-78-90(56-66)106(68-26-5-2-6-27-68)88-51-45-60-21-7-9-29-71(60)94(78)88)97-76-33-13-17-38-85(76)105(92(97)57-67)69-47-41-63(42-48-69)98-102-83-37-16-12-32-75(83)84(59-101)103-98/h1-57H. The molecule has 0 atom stereocenters. The van der Waals surface area contributed by atoms with Gasteiger partial charge in [0, 0.05) is 82.1 Å². The van der Waals surface area contributed by atoms with Gasteiger partial charge in [-0.05, 0) is 182 Å². The topological polar surface area (TPSA) is 106 Å². The molecule has 9 nitrogen and oxygen atoms in total. The van der Waals surface area contributed by atoms with Crippen molar-refractivity contribution in [1.29, 1.82) is 10.5 Å². The molecule has 0 aliphatic heterocycles. The maximum absolute atomic E-state index is 11.1. The normalized spacial score (nSPS) is 11.9. The third-order valence-electron chi connectivity index (χ3n) is 22.2. The maximum atomic E-state index is 11.1. The fourth-order valence-electron chi connectivity index (χ4n) is 17.5. The first-order chi connectivity index (χ1) is 53.5. The second-order valence-electron chi connectivity index (χ2n) is 28.0. The van der Waals surface area contributed by atoms with Crippen LogP contribution < -0.4 is 0 Å². The molecule has 0 bridgehead atoms. The molecule has 22 aromatic rings. The van der Waals surface area contributed by atoms with Crippen LogP contribution in [0.1, 0.15) is 11.3 Å². The number of fused-ring (bicyclic) bond motifs is 18. The lowest BCUT2D eigenvalue weighted by Gasteiger charge is -2.16. The second-order valence-corrected chi connectivity index (χ2v) is 28.0. The van der Waals surface area contributed by atoms with E-state index in [-0.39, 0.29) is 0 Å². The van der Waals surface area contributed by atoms with Crippen LogP contribution in [-0.2, 0) is 0 Å². The van der Waals surface area contributed by atoms with Gasteiger partial charge >= 0.3 is 0 Å². The lowest BCUT2D eigenvalue weighted by molar-refractivity contribution is 1.10. The van der Waals surface area contributed by atoms with E-state index in [4.69, 9.17) is 15.0 Å². The van der Waals surface area contributed by atoms with Gasteiger partial charge in [-0.2, -0.15) is 10.5 Å². The zero-order valence-electron chi connectivity index (χ0n) is 57.9. The highest BCUT2D eigenvalue weighted by molar-refractivity contribution is 6.25. The Morgan fingerprint density at radius 1 is 0.241 bits per heavy atom. The Morgan fingerprint density at radius 3 is 1.38 bits per heavy atom. The number of pyridine rings is 1. The molecule has 0 unspecified atom stereocenters. The van der Waals surface area contributed by atoms with E-state index in [1.165, 1.54) is 37.7 Å². The van der Waals surface area contributed by atoms with Gasteiger partial charge in [0.05, 0.1) is 60.7 Å². The van der Waals surface area contributed by atoms with Crippen molar-refractivity contribution in [1.82, 2.24) is 33.2 Å². The first kappa shape index (κ1) is 60.5. The van der Waals surface area contributed by atoms with Crippen molar-refractivity contribution in [2.75, 3.05) is 0 Å². The Kier molecular flexibility index (Phi) is 13.3. The van der Waals surface area contributed by atoms with Gasteiger partial charge in [0.15, 0.2) is 11.5 Å². The Bertz CT molecular complexity index is 7690. The molecule has 0 N–H and O–H groups in total. The fourth-order valence-corrected chi connectivity index (χ4v) is 17.5. The zero-order chi connectivity index (χ0) is 71.2. The van der Waals surface area contributed by atoms with Crippen molar-refractivity contribution < 1.29 is 0 Å². The number of aromatic nitrogens is 7. The van der Waals surface area contributed by atoms with Gasteiger partial charge in [-0.25, -0.2) is 15.0 Å². The van der Waals surface area contributed by atoms with Crippen LogP contribution >= 0.6 is 0 Å². The molecule has 108 heavy (non-hydrogen) atoms. The van der Waals surface area contributed by atoms with Crippen molar-refractivity contribution in [2.45, 2.75) is 0 Å². The Balaban J connectivity index is 0.770. The van der Waals surface area contributed by atoms with E-state index < -0.39 is 0 Å². The maximum Gasteiger partial charge on any atom is 0.161 e. The van der Waals surface area contributed by atoms with Gasteiger partial charge in [-0.1, -0.05) is 224 Å². The first-order valence-electron chi connectivity index (χ1n) is 36.3. The quantitative estimate of drug-likeness (QED) is 0.143. The van der Waals surface area contributed by atoms with E-state index in [1.54, 1.807) is 0 Å². The van der Waals surface area contributed by atoms with Gasteiger partial charge in [-0.3, -0.25) is 4.57 Å². The fraction of sp³-hybridized carbons (Fsp3) is 0. The lowest BCUT2D eigenvalue weighted by atomic mass is 9.93. The average Bonchev–Trinajstić information content (AvgIpc) is 1.55.